The van der Waals surface area contributed by atoms with E-state index < -0.39 is 0 Å². The van der Waals surface area contributed by atoms with Crippen LogP contribution in [0.1, 0.15) is 91.5 Å². The summed E-state index contributed by atoms with van der Waals surface area (Å²) in [6.45, 7) is 33.9. The summed E-state index contributed by atoms with van der Waals surface area (Å²) >= 11 is 0. The normalized spacial score (nSPS) is 12.6. The summed E-state index contributed by atoms with van der Waals surface area (Å²) in [6, 6.07) is 28.9. The second kappa shape index (κ2) is 13.7. The molecule has 0 aliphatic heterocycles. The topological polar surface area (TPSA) is 55.3 Å². The summed E-state index contributed by atoms with van der Waals surface area (Å²) < 4.78 is 2.15. The van der Waals surface area contributed by atoms with Gasteiger partial charge in [0.1, 0.15) is 11.6 Å². The highest BCUT2D eigenvalue weighted by Gasteiger charge is 2.26. The molecule has 268 valence electrons. The molecule has 5 heteroatoms. The van der Waals surface area contributed by atoms with Crippen LogP contribution in [0.25, 0.3) is 60.9 Å². The van der Waals surface area contributed by atoms with E-state index >= 15 is 0 Å². The van der Waals surface area contributed by atoms with Gasteiger partial charge in [-0.2, -0.15) is 0 Å². The van der Waals surface area contributed by atoms with E-state index in [1.807, 2.05) is 25.3 Å². The molecule has 2 aromatic heterocycles. The van der Waals surface area contributed by atoms with E-state index in [0.717, 1.165) is 50.2 Å². The number of aromatic nitrogens is 3. The van der Waals surface area contributed by atoms with Gasteiger partial charge in [0.25, 0.3) is 0 Å². The third-order valence-electron chi connectivity index (χ3n) is 9.97. The maximum Gasteiger partial charge on any atom is 0.188 e. The minimum Gasteiger partial charge on any atom is -0.507 e. The average molecular weight is 699 g/mol. The van der Waals surface area contributed by atoms with Crippen LogP contribution in [0.3, 0.4) is 0 Å². The van der Waals surface area contributed by atoms with E-state index in [1.54, 1.807) is 18.2 Å². The SMILES string of the molecule is [C-]#[N+]c1ccc(O)c(-c2nc3c(-c4cc(-c5cc(/C(C=C)=C/C)ccn5)cc(C(C)(C)C)c4)cccc3n2-c2cc(C(C)(C)C)cc(C(C)(C)C)c2)c1. The number of hydrogen-bond acceptors (Lipinski definition) is 3. The molecular formula is C48H50N4O. The van der Waals surface area contributed by atoms with E-state index in [1.165, 1.54) is 16.7 Å². The number of fused-ring (bicyclic) bond motifs is 1. The van der Waals surface area contributed by atoms with Gasteiger partial charge in [-0.3, -0.25) is 9.55 Å². The quantitative estimate of drug-likeness (QED) is 0.139. The zero-order chi connectivity index (χ0) is 38.5. The summed E-state index contributed by atoms with van der Waals surface area (Å²) in [5.74, 6) is 0.646. The lowest BCUT2D eigenvalue weighted by Gasteiger charge is -2.27. The molecule has 5 nitrogen and oxygen atoms in total. The molecule has 0 radical (unpaired) electrons. The molecule has 2 heterocycles. The van der Waals surface area contributed by atoms with Crippen molar-refractivity contribution in [1.29, 1.82) is 0 Å². The molecule has 0 saturated heterocycles. The van der Waals surface area contributed by atoms with Crippen LogP contribution in [-0.4, -0.2) is 19.6 Å². The summed E-state index contributed by atoms with van der Waals surface area (Å²) in [5, 5.41) is 11.3. The number of imidazole rings is 1. The van der Waals surface area contributed by atoms with E-state index in [-0.39, 0.29) is 22.0 Å². The Balaban J connectivity index is 1.70. The highest BCUT2D eigenvalue weighted by Crippen LogP contribution is 2.42. The van der Waals surface area contributed by atoms with Crippen LogP contribution in [0.2, 0.25) is 0 Å². The molecule has 6 rings (SSSR count). The standard InChI is InChI=1S/C48H50N4O/c1-13-30(14-2)31-20-21-50-41(25-31)33-22-32(23-34(24-33)46(3,4)5)39-16-15-17-42-44(39)51-45(40-29-37(49-12)18-19-43(40)53)52(42)38-27-35(47(6,7)8)26-36(28-38)48(9,10)11/h13-29,53H,1H2,2-11H3/b30-14+. The Morgan fingerprint density at radius 1 is 0.755 bits per heavy atom. The van der Waals surface area contributed by atoms with Crippen molar-refractivity contribution in [2.45, 2.75) is 85.5 Å². The zero-order valence-corrected chi connectivity index (χ0v) is 32.8. The molecule has 0 atom stereocenters. The number of pyridine rings is 1. The first-order valence-electron chi connectivity index (χ1n) is 18.2. The number of rotatable bonds is 6. The van der Waals surface area contributed by atoms with Crippen LogP contribution in [0.5, 0.6) is 5.75 Å². The lowest BCUT2D eigenvalue weighted by molar-refractivity contribution is 0.477. The Labute approximate surface area is 315 Å². The third-order valence-corrected chi connectivity index (χ3v) is 9.97. The van der Waals surface area contributed by atoms with Crippen molar-refractivity contribution in [3.05, 3.63) is 144 Å². The predicted molar refractivity (Wildman–Crippen MR) is 223 cm³/mol. The molecule has 0 amide bonds. The molecule has 0 aliphatic rings. The fourth-order valence-corrected chi connectivity index (χ4v) is 6.69. The molecule has 0 unspecified atom stereocenters. The van der Waals surface area contributed by atoms with E-state index in [0.29, 0.717) is 17.1 Å². The Bertz CT molecular complexity index is 2420. The first-order valence-corrected chi connectivity index (χ1v) is 18.2. The molecule has 1 N–H and O–H groups in total. The zero-order valence-electron chi connectivity index (χ0n) is 32.8. The monoisotopic (exact) mass is 698 g/mol. The predicted octanol–water partition coefficient (Wildman–Crippen LogP) is 13.2. The minimum atomic E-state index is -0.140. The molecule has 6 aromatic rings. The maximum atomic E-state index is 11.3. The largest absolute Gasteiger partial charge is 0.507 e. The molecule has 0 bridgehead atoms. The average Bonchev–Trinajstić information content (AvgIpc) is 3.51. The van der Waals surface area contributed by atoms with Crippen molar-refractivity contribution in [2.75, 3.05) is 0 Å². The van der Waals surface area contributed by atoms with Crippen LogP contribution < -0.4 is 0 Å². The lowest BCUT2D eigenvalue weighted by atomic mass is 9.80. The van der Waals surface area contributed by atoms with Crippen molar-refractivity contribution >= 4 is 22.3 Å². The van der Waals surface area contributed by atoms with Crippen molar-refractivity contribution in [1.82, 2.24) is 14.5 Å². The smallest absolute Gasteiger partial charge is 0.188 e. The number of phenols is 1. The van der Waals surface area contributed by atoms with Crippen LogP contribution in [0.4, 0.5) is 5.69 Å². The number of phenolic OH excluding ortho intramolecular Hbond substituents is 1. The summed E-state index contributed by atoms with van der Waals surface area (Å²) in [7, 11) is 0. The van der Waals surface area contributed by atoms with Crippen LogP contribution in [-0.2, 0) is 16.2 Å². The van der Waals surface area contributed by atoms with Gasteiger partial charge in [-0.05, 0) is 111 Å². The van der Waals surface area contributed by atoms with Gasteiger partial charge in [0.2, 0.25) is 0 Å². The first-order chi connectivity index (χ1) is 24.9. The number of nitrogens with zero attached hydrogens (tertiary/aromatic N) is 4. The Kier molecular flexibility index (Phi) is 9.56. The fraction of sp³-hybridized carbons (Fsp3) is 0.271. The van der Waals surface area contributed by atoms with Crippen LogP contribution in [0.15, 0.2) is 110 Å². The van der Waals surface area contributed by atoms with Gasteiger partial charge >= 0.3 is 0 Å². The van der Waals surface area contributed by atoms with Crippen molar-refractivity contribution < 1.29 is 5.11 Å². The molecule has 0 aliphatic carbocycles. The number of para-hydroxylation sites is 1. The number of benzene rings is 4. The molecular weight excluding hydrogens is 649 g/mol. The van der Waals surface area contributed by atoms with Crippen molar-refractivity contribution in [3.8, 4) is 45.2 Å². The Hall–Kier alpha value is -5.73. The fourth-order valence-electron chi connectivity index (χ4n) is 6.69. The van der Waals surface area contributed by atoms with E-state index in [9.17, 15) is 5.11 Å². The number of allylic oxidation sites excluding steroid dienone is 3. The molecule has 4 aromatic carbocycles. The second-order valence-electron chi connectivity index (χ2n) is 17.0. The lowest BCUT2D eigenvalue weighted by Crippen LogP contribution is -2.17. The van der Waals surface area contributed by atoms with Gasteiger partial charge in [0, 0.05) is 28.6 Å². The van der Waals surface area contributed by atoms with E-state index in [2.05, 4.69) is 145 Å². The van der Waals surface area contributed by atoms with Gasteiger partial charge in [-0.15, -0.1) is 0 Å². The van der Waals surface area contributed by atoms with Gasteiger partial charge in [0.05, 0.1) is 23.3 Å². The third kappa shape index (κ3) is 7.32. The highest BCUT2D eigenvalue weighted by molar-refractivity contribution is 5.97. The van der Waals surface area contributed by atoms with Gasteiger partial charge < -0.3 is 5.11 Å². The Morgan fingerprint density at radius 3 is 2.00 bits per heavy atom. The summed E-state index contributed by atoms with van der Waals surface area (Å²) in [4.78, 5) is 13.9. The second-order valence-corrected chi connectivity index (χ2v) is 17.0. The highest BCUT2D eigenvalue weighted by atomic mass is 16.3. The molecule has 0 fully saturated rings. The van der Waals surface area contributed by atoms with Crippen LogP contribution >= 0.6 is 0 Å². The number of aromatic hydroxyl groups is 1. The van der Waals surface area contributed by atoms with Gasteiger partial charge in [-0.1, -0.05) is 111 Å². The van der Waals surface area contributed by atoms with E-state index in [4.69, 9.17) is 16.5 Å². The maximum absolute atomic E-state index is 11.3. The molecule has 0 saturated carbocycles. The number of hydrogen-bond donors (Lipinski definition) is 1. The molecule has 53 heavy (non-hydrogen) atoms. The molecule has 0 spiro atoms. The first kappa shape index (κ1) is 37.0. The van der Waals surface area contributed by atoms with Crippen molar-refractivity contribution in [2.24, 2.45) is 0 Å². The van der Waals surface area contributed by atoms with Crippen LogP contribution in [0, 0.1) is 6.57 Å². The minimum absolute atomic E-state index is 0.0709. The summed E-state index contributed by atoms with van der Waals surface area (Å²) in [6.07, 6.45) is 5.79. The van der Waals surface area contributed by atoms with Gasteiger partial charge in [0.15, 0.2) is 5.69 Å². The van der Waals surface area contributed by atoms with Crippen molar-refractivity contribution in [3.63, 3.8) is 0 Å². The Morgan fingerprint density at radius 2 is 1.40 bits per heavy atom. The summed E-state index contributed by atoms with van der Waals surface area (Å²) in [5.41, 5.74) is 12.8. The van der Waals surface area contributed by atoms with Gasteiger partial charge in [-0.25, -0.2) is 9.83 Å².